The highest BCUT2D eigenvalue weighted by Gasteiger charge is 2.56. The highest BCUT2D eigenvalue weighted by molar-refractivity contribution is 7.80. The summed E-state index contributed by atoms with van der Waals surface area (Å²) in [7, 11) is -4.51. The number of ether oxygens (including phenoxy) is 2. The Balaban J connectivity index is 1.32. The zero-order valence-corrected chi connectivity index (χ0v) is 20.6. The molecule has 0 aromatic heterocycles. The van der Waals surface area contributed by atoms with Crippen LogP contribution in [0.15, 0.2) is 18.2 Å². The van der Waals surface area contributed by atoms with Crippen LogP contribution < -0.4 is 4.74 Å². The molecule has 12 heteroatoms. The van der Waals surface area contributed by atoms with Crippen molar-refractivity contribution in [2.75, 3.05) is 0 Å². The number of rotatable bonds is 5. The molecule has 0 radical (unpaired) electrons. The fourth-order valence-electron chi connectivity index (χ4n) is 7.17. The SMILES string of the molecule is C[C@]12CC[C@@H]3c4ccc(OC5O[C@H](C(=O)O)[C@@H](O)[C@H](O)[C@H]5O)cc4CC[C@H]3[C@@H]1CC[C@@H]2OS(=O)(=O)O. The van der Waals surface area contributed by atoms with Gasteiger partial charge in [0, 0.05) is 0 Å². The quantitative estimate of drug-likeness (QED) is 0.344. The lowest BCUT2D eigenvalue weighted by molar-refractivity contribution is -0.271. The smallest absolute Gasteiger partial charge is 0.397 e. The van der Waals surface area contributed by atoms with E-state index in [0.29, 0.717) is 18.1 Å². The summed E-state index contributed by atoms with van der Waals surface area (Å²) in [5, 5.41) is 39.4. The van der Waals surface area contributed by atoms with E-state index in [9.17, 15) is 38.2 Å². The number of aliphatic hydroxyl groups excluding tert-OH is 3. The van der Waals surface area contributed by atoms with Crippen LogP contribution in [0.1, 0.15) is 56.1 Å². The molecule has 1 aliphatic heterocycles. The summed E-state index contributed by atoms with van der Waals surface area (Å²) in [6.45, 7) is 2.06. The zero-order valence-electron chi connectivity index (χ0n) is 19.8. The van der Waals surface area contributed by atoms with E-state index in [0.717, 1.165) is 37.7 Å². The molecule has 5 rings (SSSR count). The lowest BCUT2D eigenvalue weighted by Gasteiger charge is -2.50. The van der Waals surface area contributed by atoms with E-state index in [1.54, 1.807) is 6.07 Å². The van der Waals surface area contributed by atoms with Crippen LogP contribution in [0.4, 0.5) is 0 Å². The van der Waals surface area contributed by atoms with Crippen LogP contribution in [0, 0.1) is 17.3 Å². The van der Waals surface area contributed by atoms with Gasteiger partial charge in [0.2, 0.25) is 6.29 Å². The van der Waals surface area contributed by atoms with Gasteiger partial charge in [0.15, 0.2) is 6.10 Å². The van der Waals surface area contributed by atoms with Crippen molar-refractivity contribution in [1.29, 1.82) is 0 Å². The molecule has 36 heavy (non-hydrogen) atoms. The van der Waals surface area contributed by atoms with Crippen LogP contribution in [0.25, 0.3) is 0 Å². The van der Waals surface area contributed by atoms with Crippen LogP contribution in [-0.4, -0.2) is 76.2 Å². The van der Waals surface area contributed by atoms with Crippen molar-refractivity contribution in [3.8, 4) is 5.75 Å². The van der Waals surface area contributed by atoms with Crippen molar-refractivity contribution in [2.45, 2.75) is 88.2 Å². The number of aryl methyl sites for hydroxylation is 1. The van der Waals surface area contributed by atoms with Gasteiger partial charge in [0.25, 0.3) is 0 Å². The van der Waals surface area contributed by atoms with Gasteiger partial charge in [-0.15, -0.1) is 0 Å². The molecule has 4 aliphatic rings. The van der Waals surface area contributed by atoms with Gasteiger partial charge in [-0.3, -0.25) is 4.55 Å². The third kappa shape index (κ3) is 4.42. The molecule has 11 nitrogen and oxygen atoms in total. The van der Waals surface area contributed by atoms with Gasteiger partial charge in [0.05, 0.1) is 6.10 Å². The summed E-state index contributed by atoms with van der Waals surface area (Å²) < 4.78 is 48.0. The van der Waals surface area contributed by atoms with E-state index in [1.165, 1.54) is 5.56 Å². The van der Waals surface area contributed by atoms with Gasteiger partial charge < -0.3 is 29.9 Å². The van der Waals surface area contributed by atoms with Crippen molar-refractivity contribution in [2.24, 2.45) is 17.3 Å². The Hall–Kier alpha value is -1.80. The van der Waals surface area contributed by atoms with Crippen molar-refractivity contribution in [3.05, 3.63) is 29.3 Å². The van der Waals surface area contributed by atoms with E-state index in [-0.39, 0.29) is 17.3 Å². The summed E-state index contributed by atoms with van der Waals surface area (Å²) in [6, 6.07) is 5.51. The third-order valence-electron chi connectivity index (χ3n) is 8.91. The molecule has 2 saturated carbocycles. The average Bonchev–Trinajstić information content (AvgIpc) is 3.13. The lowest BCUT2D eigenvalue weighted by atomic mass is 9.55. The number of aliphatic carboxylic acids is 1. The van der Waals surface area contributed by atoms with E-state index in [1.807, 2.05) is 12.1 Å². The lowest BCUT2D eigenvalue weighted by Crippen LogP contribution is -2.61. The molecule has 0 amide bonds. The Bertz CT molecular complexity index is 1120. The van der Waals surface area contributed by atoms with Gasteiger partial charge in [-0.2, -0.15) is 8.42 Å². The first-order valence-corrected chi connectivity index (χ1v) is 13.6. The number of carbonyl (C=O) groups is 1. The van der Waals surface area contributed by atoms with Crippen LogP contribution in [-0.2, 0) is 30.5 Å². The maximum atomic E-state index is 11.4. The van der Waals surface area contributed by atoms with E-state index < -0.39 is 53.2 Å². The number of hydrogen-bond acceptors (Lipinski definition) is 9. The summed E-state index contributed by atoms with van der Waals surface area (Å²) in [5.74, 6) is -0.200. The Labute approximate surface area is 208 Å². The molecular weight excluding hydrogens is 496 g/mol. The maximum absolute atomic E-state index is 11.4. The maximum Gasteiger partial charge on any atom is 0.397 e. The van der Waals surface area contributed by atoms with Crippen LogP contribution in [0.3, 0.4) is 0 Å². The van der Waals surface area contributed by atoms with Crippen molar-refractivity contribution < 1.29 is 51.8 Å². The molecule has 0 spiro atoms. The fraction of sp³-hybridized carbons (Fsp3) is 0.708. The number of carboxylic acids is 1. The molecule has 3 fully saturated rings. The van der Waals surface area contributed by atoms with Crippen molar-refractivity contribution >= 4 is 16.4 Å². The topological polar surface area (TPSA) is 180 Å². The fourth-order valence-corrected chi connectivity index (χ4v) is 7.78. The summed E-state index contributed by atoms with van der Waals surface area (Å²) >= 11 is 0. The second-order valence-corrected chi connectivity index (χ2v) is 11.8. The Morgan fingerprint density at radius 1 is 1.08 bits per heavy atom. The third-order valence-corrected chi connectivity index (χ3v) is 9.39. The molecule has 1 saturated heterocycles. The number of benzene rings is 1. The minimum absolute atomic E-state index is 0.277. The van der Waals surface area contributed by atoms with Crippen LogP contribution >= 0.6 is 0 Å². The molecule has 3 aliphatic carbocycles. The zero-order chi connectivity index (χ0) is 26.0. The van der Waals surface area contributed by atoms with Gasteiger partial charge in [-0.1, -0.05) is 13.0 Å². The Kier molecular flexibility index (Phi) is 6.60. The van der Waals surface area contributed by atoms with Crippen molar-refractivity contribution in [1.82, 2.24) is 0 Å². The van der Waals surface area contributed by atoms with Gasteiger partial charge >= 0.3 is 16.4 Å². The summed E-state index contributed by atoms with van der Waals surface area (Å²) in [5.41, 5.74) is 1.93. The van der Waals surface area contributed by atoms with E-state index in [4.69, 9.17) is 13.7 Å². The molecule has 1 heterocycles. The first-order chi connectivity index (χ1) is 16.9. The molecule has 1 aromatic carbocycles. The first-order valence-electron chi connectivity index (χ1n) is 12.3. The first kappa shape index (κ1) is 25.8. The standard InChI is InChI=1S/C24H32O11S/c1-24-9-8-14-13-5-3-12(33-23-20(27)18(25)19(26)21(34-23)22(28)29)10-11(13)2-4-15(14)16(24)6-7-17(24)35-36(30,31)32/h3,5,10,14-21,23,25-27H,2,4,6-9H2,1H3,(H,28,29)(H,30,31,32)/t14-,15-,16+,17+,18+,19+,20-,21+,23?,24+/m1/s1. The minimum atomic E-state index is -4.51. The number of fused-ring (bicyclic) bond motifs is 5. The highest BCUT2D eigenvalue weighted by Crippen LogP contribution is 2.61. The number of carboxylic acid groups (broad SMARTS) is 1. The molecule has 1 unspecified atom stereocenters. The van der Waals surface area contributed by atoms with Gasteiger partial charge in [-0.05, 0) is 85.0 Å². The molecule has 1 aromatic rings. The second-order valence-electron chi connectivity index (χ2n) is 10.8. The molecule has 200 valence electrons. The van der Waals surface area contributed by atoms with Crippen LogP contribution in [0.2, 0.25) is 0 Å². The minimum Gasteiger partial charge on any atom is -0.479 e. The molecule has 5 N–H and O–H groups in total. The molecular formula is C24H32O11S. The second kappa shape index (κ2) is 9.19. The predicted octanol–water partition coefficient (Wildman–Crippen LogP) is 1.00. The Morgan fingerprint density at radius 2 is 1.83 bits per heavy atom. The Morgan fingerprint density at radius 3 is 2.53 bits per heavy atom. The van der Waals surface area contributed by atoms with E-state index >= 15 is 0 Å². The molecule has 0 bridgehead atoms. The number of aliphatic hydroxyl groups is 3. The van der Waals surface area contributed by atoms with E-state index in [2.05, 4.69) is 6.92 Å². The monoisotopic (exact) mass is 528 g/mol. The van der Waals surface area contributed by atoms with Crippen LogP contribution in [0.5, 0.6) is 5.75 Å². The van der Waals surface area contributed by atoms with Crippen molar-refractivity contribution in [3.63, 3.8) is 0 Å². The van der Waals surface area contributed by atoms with Gasteiger partial charge in [-0.25, -0.2) is 8.98 Å². The molecule has 10 atom stereocenters. The van der Waals surface area contributed by atoms with Gasteiger partial charge in [0.1, 0.15) is 24.1 Å². The summed E-state index contributed by atoms with van der Waals surface area (Å²) in [4.78, 5) is 11.3. The largest absolute Gasteiger partial charge is 0.479 e. The average molecular weight is 529 g/mol. The summed E-state index contributed by atoms with van der Waals surface area (Å²) in [6.07, 6.45) is -4.17. The normalized spacial score (nSPS) is 42.2. The predicted molar refractivity (Wildman–Crippen MR) is 122 cm³/mol. The highest BCUT2D eigenvalue weighted by atomic mass is 32.3. The number of hydrogen-bond donors (Lipinski definition) is 5.